The number of carbonyl (C=O) groups excluding carboxylic acids is 3. The van der Waals surface area contributed by atoms with Crippen LogP contribution in [0.25, 0.3) is 11.1 Å². The lowest BCUT2D eigenvalue weighted by Gasteiger charge is -2.37. The topological polar surface area (TPSA) is 123 Å². The summed E-state index contributed by atoms with van der Waals surface area (Å²) < 4.78 is 5.69. The number of nitrogens with one attached hydrogen (secondary N) is 3. The molecule has 0 aliphatic carbocycles. The molecule has 0 bridgehead atoms. The van der Waals surface area contributed by atoms with Crippen molar-refractivity contribution >= 4 is 29.2 Å². The van der Waals surface area contributed by atoms with Crippen molar-refractivity contribution in [1.29, 1.82) is 0 Å². The number of hydrogen-bond acceptors (Lipinski definition) is 8. The molecular formula is C32H38N5O5. The highest BCUT2D eigenvalue weighted by Gasteiger charge is 2.28. The minimum atomic E-state index is -0.467. The van der Waals surface area contributed by atoms with Crippen LogP contribution in [0.15, 0.2) is 78.9 Å². The summed E-state index contributed by atoms with van der Waals surface area (Å²) in [7, 11) is 0. The van der Waals surface area contributed by atoms with Crippen molar-refractivity contribution in [2.24, 2.45) is 0 Å². The summed E-state index contributed by atoms with van der Waals surface area (Å²) in [5.41, 5.74) is 3.67. The van der Waals surface area contributed by atoms with Gasteiger partial charge in [-0.05, 0) is 43.0 Å². The number of ether oxygens (including phenoxy) is 1. The quantitative estimate of drug-likeness (QED) is 0.171. The van der Waals surface area contributed by atoms with Crippen molar-refractivity contribution in [3.63, 3.8) is 0 Å². The molecule has 10 heteroatoms. The monoisotopic (exact) mass is 572 g/mol. The molecule has 1 saturated heterocycles. The Bertz CT molecular complexity index is 1310. The summed E-state index contributed by atoms with van der Waals surface area (Å²) in [4.78, 5) is 38.2. The van der Waals surface area contributed by atoms with Crippen LogP contribution in [0, 0.1) is 6.42 Å². The van der Waals surface area contributed by atoms with E-state index in [9.17, 15) is 14.4 Å². The van der Waals surface area contributed by atoms with E-state index in [4.69, 9.17) is 9.84 Å². The van der Waals surface area contributed by atoms with E-state index in [0.717, 1.165) is 29.7 Å². The molecule has 4 rings (SSSR count). The number of benzene rings is 3. The Morgan fingerprint density at radius 2 is 1.60 bits per heavy atom. The smallest absolute Gasteiger partial charge is 0.429 e. The lowest BCUT2D eigenvalue weighted by atomic mass is 10.0. The lowest BCUT2D eigenvalue weighted by Crippen LogP contribution is -2.50. The number of aliphatic hydroxyl groups is 1. The second-order valence-corrected chi connectivity index (χ2v) is 9.76. The Balaban J connectivity index is 1.31. The highest BCUT2D eigenvalue weighted by Crippen LogP contribution is 2.33. The van der Waals surface area contributed by atoms with Crippen molar-refractivity contribution in [1.82, 2.24) is 15.6 Å². The molecule has 1 aliphatic heterocycles. The molecule has 3 aromatic rings. The number of aliphatic hydroxyl groups excluding tert-OH is 1. The molecule has 1 heterocycles. The number of rotatable bonds is 14. The molecular weight excluding hydrogens is 534 g/mol. The molecule has 4 N–H and O–H groups in total. The fourth-order valence-corrected chi connectivity index (χ4v) is 4.66. The highest BCUT2D eigenvalue weighted by atomic mass is 16.6. The van der Waals surface area contributed by atoms with Gasteiger partial charge in [-0.15, -0.1) is 0 Å². The third kappa shape index (κ3) is 8.95. The zero-order chi connectivity index (χ0) is 29.6. The van der Waals surface area contributed by atoms with Crippen LogP contribution < -0.4 is 21.0 Å². The number of Topliss-reactive ketones (excluding diaryl/α,β-unsaturated/α-hetero) is 1. The van der Waals surface area contributed by atoms with Gasteiger partial charge < -0.3 is 25.8 Å². The summed E-state index contributed by atoms with van der Waals surface area (Å²) in [5.74, 6) is -0.421. The predicted octanol–water partition coefficient (Wildman–Crippen LogP) is 3.50. The average molecular weight is 573 g/mol. The second kappa shape index (κ2) is 16.4. The van der Waals surface area contributed by atoms with E-state index in [1.54, 1.807) is 29.3 Å². The van der Waals surface area contributed by atoms with E-state index >= 15 is 0 Å². The van der Waals surface area contributed by atoms with Crippen LogP contribution in [0.3, 0.4) is 0 Å². The Labute approximate surface area is 246 Å². The fourth-order valence-electron chi connectivity index (χ4n) is 4.66. The van der Waals surface area contributed by atoms with Gasteiger partial charge >= 0.3 is 6.09 Å². The first-order valence-electron chi connectivity index (χ1n) is 14.2. The minimum absolute atomic E-state index is 0.0511. The van der Waals surface area contributed by atoms with Gasteiger partial charge in [0.2, 0.25) is 5.91 Å². The summed E-state index contributed by atoms with van der Waals surface area (Å²) in [5, 5.41) is 21.0. The molecule has 0 aromatic heterocycles. The van der Waals surface area contributed by atoms with Crippen LogP contribution in [0.5, 0.6) is 0 Å². The van der Waals surface area contributed by atoms with Crippen molar-refractivity contribution in [3.05, 3.63) is 90.8 Å². The van der Waals surface area contributed by atoms with E-state index in [-0.39, 0.29) is 38.0 Å². The zero-order valence-electron chi connectivity index (χ0n) is 23.6. The summed E-state index contributed by atoms with van der Waals surface area (Å²) >= 11 is 0. The normalized spacial score (nSPS) is 13.4. The maximum atomic E-state index is 13.5. The molecule has 3 aromatic carbocycles. The van der Waals surface area contributed by atoms with Crippen molar-refractivity contribution < 1.29 is 24.2 Å². The first-order chi connectivity index (χ1) is 20.6. The van der Waals surface area contributed by atoms with Crippen molar-refractivity contribution in [2.45, 2.75) is 12.8 Å². The van der Waals surface area contributed by atoms with Crippen LogP contribution in [0.4, 0.5) is 16.2 Å². The zero-order valence-corrected chi connectivity index (χ0v) is 23.6. The van der Waals surface area contributed by atoms with E-state index in [1.165, 1.54) is 0 Å². The first kappa shape index (κ1) is 30.9. The molecule has 1 aliphatic rings. The number of hydrazine groups is 1. The predicted molar refractivity (Wildman–Crippen MR) is 163 cm³/mol. The molecule has 0 saturated carbocycles. The molecule has 42 heavy (non-hydrogen) atoms. The molecule has 221 valence electrons. The van der Waals surface area contributed by atoms with E-state index in [0.29, 0.717) is 37.4 Å². The molecule has 0 spiro atoms. The molecule has 2 amide bonds. The number of ketones is 1. The molecule has 0 atom stereocenters. The SMILES string of the molecule is O=C(CNCCO)Nc1cccc(C(=O)CNCCOC(=O)N(c2ccccc2-c2ccccc2)N2CC[CH]CC2)c1. The van der Waals surface area contributed by atoms with Crippen LogP contribution in [-0.4, -0.2) is 80.4 Å². The number of para-hydroxylation sites is 1. The van der Waals surface area contributed by atoms with Crippen molar-refractivity contribution in [3.8, 4) is 11.1 Å². The third-order valence-electron chi connectivity index (χ3n) is 6.69. The fraction of sp³-hybridized carbons (Fsp3) is 0.312. The lowest BCUT2D eigenvalue weighted by molar-refractivity contribution is -0.115. The third-order valence-corrected chi connectivity index (χ3v) is 6.69. The largest absolute Gasteiger partial charge is 0.447 e. The average Bonchev–Trinajstić information content (AvgIpc) is 3.02. The van der Waals surface area contributed by atoms with Crippen LogP contribution in [0.1, 0.15) is 23.2 Å². The van der Waals surface area contributed by atoms with Gasteiger partial charge in [-0.1, -0.05) is 60.7 Å². The van der Waals surface area contributed by atoms with Gasteiger partial charge in [0.25, 0.3) is 0 Å². The summed E-state index contributed by atoms with van der Waals surface area (Å²) in [6.45, 7) is 2.19. The van der Waals surface area contributed by atoms with Crippen LogP contribution in [-0.2, 0) is 9.53 Å². The first-order valence-corrected chi connectivity index (χ1v) is 14.2. The number of piperidine rings is 1. The van der Waals surface area contributed by atoms with E-state index in [2.05, 4.69) is 22.4 Å². The van der Waals surface area contributed by atoms with Gasteiger partial charge in [0, 0.05) is 43.0 Å². The molecule has 0 unspecified atom stereocenters. The van der Waals surface area contributed by atoms with Gasteiger partial charge in [0.05, 0.1) is 25.4 Å². The number of hydrogen-bond donors (Lipinski definition) is 4. The molecule has 1 radical (unpaired) electrons. The maximum absolute atomic E-state index is 13.5. The van der Waals surface area contributed by atoms with Gasteiger partial charge in [0.1, 0.15) is 6.61 Å². The van der Waals surface area contributed by atoms with Gasteiger partial charge in [-0.25, -0.2) is 14.8 Å². The Morgan fingerprint density at radius 1 is 0.857 bits per heavy atom. The standard InChI is InChI=1S/C32H38N5O5/c38-20-16-33-24-31(40)35-27-13-9-12-26(22-27)30(39)23-34-17-21-42-32(41)37(36-18-7-2-8-19-36)29-15-6-5-14-28(29)25-10-3-1-4-11-25/h1-6,9-15,22,33-34,38H,7-8,16-21,23-24H2,(H,35,40). The number of anilines is 2. The Kier molecular flexibility index (Phi) is 12.0. The molecule has 10 nitrogen and oxygen atoms in total. The van der Waals surface area contributed by atoms with E-state index < -0.39 is 6.09 Å². The Hall–Kier alpha value is -4.09. The summed E-state index contributed by atoms with van der Waals surface area (Å²) in [6, 6.07) is 24.5. The number of nitrogens with zero attached hydrogens (tertiary/aromatic N) is 2. The van der Waals surface area contributed by atoms with Crippen LogP contribution >= 0.6 is 0 Å². The van der Waals surface area contributed by atoms with Gasteiger partial charge in [0.15, 0.2) is 5.78 Å². The van der Waals surface area contributed by atoms with Gasteiger partial charge in [-0.3, -0.25) is 9.59 Å². The second-order valence-electron chi connectivity index (χ2n) is 9.76. The Morgan fingerprint density at radius 3 is 2.38 bits per heavy atom. The maximum Gasteiger partial charge on any atom is 0.429 e. The highest BCUT2D eigenvalue weighted by molar-refractivity contribution is 6.00. The van der Waals surface area contributed by atoms with Crippen molar-refractivity contribution in [2.75, 3.05) is 62.8 Å². The van der Waals surface area contributed by atoms with Crippen LogP contribution in [0.2, 0.25) is 0 Å². The van der Waals surface area contributed by atoms with E-state index in [1.807, 2.05) is 59.6 Å². The number of amides is 2. The summed E-state index contributed by atoms with van der Waals surface area (Å²) in [6.07, 6.45) is 3.52. The minimum Gasteiger partial charge on any atom is -0.447 e. The number of carbonyl (C=O) groups is 3. The molecule has 1 fully saturated rings. The van der Waals surface area contributed by atoms with Gasteiger partial charge in [-0.2, -0.15) is 0 Å².